The Kier molecular flexibility index (Phi) is 6.55. The molecule has 5 heteroatoms. The number of hydrogen-bond acceptors (Lipinski definition) is 3. The van der Waals surface area contributed by atoms with Crippen LogP contribution in [0.4, 0.5) is 0 Å². The minimum atomic E-state index is 0.278. The monoisotopic (exact) mass is 365 g/mol. The van der Waals surface area contributed by atoms with E-state index in [9.17, 15) is 5.11 Å². The highest BCUT2D eigenvalue weighted by atomic mass is 35.5. The maximum atomic E-state index is 10.5. The fraction of sp³-hybridized carbons (Fsp3) is 0.263. The van der Waals surface area contributed by atoms with E-state index in [1.807, 2.05) is 31.3 Å². The van der Waals surface area contributed by atoms with Crippen molar-refractivity contribution < 1.29 is 9.84 Å². The molecular weight excluding hydrogens is 345 g/mol. The number of benzene rings is 2. The molecule has 0 radical (unpaired) electrons. The fourth-order valence-electron chi connectivity index (χ4n) is 2.59. The van der Waals surface area contributed by atoms with E-state index in [2.05, 4.69) is 11.5 Å². The number of allylic oxidation sites excluding steroid dienone is 1. The van der Waals surface area contributed by atoms with Gasteiger partial charge in [-0.1, -0.05) is 41.4 Å². The molecule has 1 N–H and O–H groups in total. The van der Waals surface area contributed by atoms with Crippen LogP contribution in [0.1, 0.15) is 16.7 Å². The highest BCUT2D eigenvalue weighted by molar-refractivity contribution is 6.42. The fourth-order valence-corrected chi connectivity index (χ4v) is 2.97. The average molecular weight is 366 g/mol. The molecular formula is C19H21Cl2NO2. The zero-order valence-corrected chi connectivity index (χ0v) is 15.4. The number of phenolic OH excluding ortho intramolecular Hbond substituents is 1. The number of methoxy groups -OCH3 is 1. The van der Waals surface area contributed by atoms with Crippen LogP contribution in [0.25, 0.3) is 0 Å². The molecule has 0 aliphatic rings. The van der Waals surface area contributed by atoms with E-state index in [-0.39, 0.29) is 5.75 Å². The molecule has 0 saturated carbocycles. The van der Waals surface area contributed by atoms with E-state index in [1.165, 1.54) is 0 Å². The quantitative estimate of drug-likeness (QED) is 0.695. The maximum absolute atomic E-state index is 10.5. The molecule has 0 aliphatic carbocycles. The molecule has 0 saturated heterocycles. The number of hydrogen-bond donors (Lipinski definition) is 1. The Labute approximate surface area is 153 Å². The first-order valence-corrected chi connectivity index (χ1v) is 8.33. The first kappa shape index (κ1) is 18.7. The molecule has 0 spiro atoms. The lowest BCUT2D eigenvalue weighted by atomic mass is 10.0. The van der Waals surface area contributed by atoms with Crippen molar-refractivity contribution in [3.63, 3.8) is 0 Å². The molecule has 0 aliphatic heterocycles. The van der Waals surface area contributed by atoms with E-state index in [4.69, 9.17) is 27.9 Å². The van der Waals surface area contributed by atoms with Crippen LogP contribution >= 0.6 is 23.2 Å². The van der Waals surface area contributed by atoms with Gasteiger partial charge in [0.05, 0.1) is 17.2 Å². The number of phenols is 1. The minimum absolute atomic E-state index is 0.278. The molecule has 0 unspecified atom stereocenters. The summed E-state index contributed by atoms with van der Waals surface area (Å²) in [6.07, 6.45) is 2.34. The summed E-state index contributed by atoms with van der Waals surface area (Å²) in [4.78, 5) is 2.06. The summed E-state index contributed by atoms with van der Waals surface area (Å²) < 4.78 is 5.33. The first-order chi connectivity index (χ1) is 11.5. The van der Waals surface area contributed by atoms with Crippen molar-refractivity contribution in [1.29, 1.82) is 0 Å². The average Bonchev–Trinajstić information content (AvgIpc) is 2.55. The van der Waals surface area contributed by atoms with Gasteiger partial charge < -0.3 is 9.84 Å². The molecule has 0 bridgehead atoms. The van der Waals surface area contributed by atoms with Gasteiger partial charge in [0.1, 0.15) is 11.5 Å². The van der Waals surface area contributed by atoms with Crippen LogP contribution in [0.3, 0.4) is 0 Å². The SMILES string of the molecule is C=CCc1cc(OC)cc(CN(C)Cc2cccc(Cl)c2Cl)c1O. The molecule has 2 rings (SSSR count). The van der Waals surface area contributed by atoms with Gasteiger partial charge in [-0.05, 0) is 37.2 Å². The molecule has 0 fully saturated rings. The van der Waals surface area contributed by atoms with Crippen molar-refractivity contribution in [3.05, 3.63) is 69.7 Å². The first-order valence-electron chi connectivity index (χ1n) is 7.57. The van der Waals surface area contributed by atoms with Crippen LogP contribution < -0.4 is 4.74 Å². The Morgan fingerprint density at radius 1 is 1.17 bits per heavy atom. The summed E-state index contributed by atoms with van der Waals surface area (Å²) in [6.45, 7) is 4.90. The van der Waals surface area contributed by atoms with Crippen LogP contribution in [0.2, 0.25) is 10.0 Å². The molecule has 2 aromatic carbocycles. The van der Waals surface area contributed by atoms with Gasteiger partial charge in [-0.25, -0.2) is 0 Å². The topological polar surface area (TPSA) is 32.7 Å². The predicted octanol–water partition coefficient (Wildman–Crippen LogP) is 5.07. The van der Waals surface area contributed by atoms with E-state index < -0.39 is 0 Å². The van der Waals surface area contributed by atoms with E-state index in [1.54, 1.807) is 19.3 Å². The Bertz CT molecular complexity index is 732. The predicted molar refractivity (Wildman–Crippen MR) is 100 cm³/mol. The third-order valence-electron chi connectivity index (χ3n) is 3.75. The van der Waals surface area contributed by atoms with Crippen LogP contribution in [0.15, 0.2) is 43.0 Å². The molecule has 0 aromatic heterocycles. The Hall–Kier alpha value is -1.68. The number of aromatic hydroxyl groups is 1. The van der Waals surface area contributed by atoms with E-state index >= 15 is 0 Å². The summed E-state index contributed by atoms with van der Waals surface area (Å²) >= 11 is 12.3. The molecule has 0 heterocycles. The second-order valence-corrected chi connectivity index (χ2v) is 6.46. The standard InChI is InChI=1S/C19H21Cl2NO2/c1-4-6-13-9-16(24-3)10-15(19(13)23)12-22(2)11-14-7-5-8-17(20)18(14)21/h4-5,7-10,23H,1,6,11-12H2,2-3H3. The molecule has 3 nitrogen and oxygen atoms in total. The van der Waals surface area contributed by atoms with Gasteiger partial charge >= 0.3 is 0 Å². The van der Waals surface area contributed by atoms with Crippen molar-refractivity contribution in [2.24, 2.45) is 0 Å². The molecule has 128 valence electrons. The highest BCUT2D eigenvalue weighted by Crippen LogP contribution is 2.31. The summed E-state index contributed by atoms with van der Waals surface area (Å²) in [6, 6.07) is 9.26. The molecule has 0 atom stereocenters. The second-order valence-electron chi connectivity index (χ2n) is 5.67. The van der Waals surface area contributed by atoms with Gasteiger partial charge in [-0.15, -0.1) is 6.58 Å². The number of ether oxygens (including phenoxy) is 1. The largest absolute Gasteiger partial charge is 0.507 e. The third-order valence-corrected chi connectivity index (χ3v) is 4.61. The Morgan fingerprint density at radius 3 is 2.50 bits per heavy atom. The zero-order chi connectivity index (χ0) is 17.7. The lowest BCUT2D eigenvalue weighted by Gasteiger charge is -2.20. The lowest BCUT2D eigenvalue weighted by molar-refractivity contribution is 0.311. The Morgan fingerprint density at radius 2 is 1.83 bits per heavy atom. The highest BCUT2D eigenvalue weighted by Gasteiger charge is 2.13. The minimum Gasteiger partial charge on any atom is -0.507 e. The lowest BCUT2D eigenvalue weighted by Crippen LogP contribution is -2.18. The normalized spacial score (nSPS) is 10.9. The summed E-state index contributed by atoms with van der Waals surface area (Å²) in [7, 11) is 3.58. The van der Waals surface area contributed by atoms with Gasteiger partial charge in [-0.3, -0.25) is 4.90 Å². The van der Waals surface area contributed by atoms with Crippen molar-refractivity contribution in [1.82, 2.24) is 4.90 Å². The molecule has 0 amide bonds. The summed E-state index contributed by atoms with van der Waals surface area (Å²) in [5.74, 6) is 0.994. The Balaban J connectivity index is 2.21. The van der Waals surface area contributed by atoms with Gasteiger partial charge in [0, 0.05) is 24.2 Å². The van der Waals surface area contributed by atoms with Gasteiger partial charge in [-0.2, -0.15) is 0 Å². The van der Waals surface area contributed by atoms with Crippen LogP contribution in [-0.2, 0) is 19.5 Å². The number of nitrogens with zero attached hydrogens (tertiary/aromatic N) is 1. The van der Waals surface area contributed by atoms with Gasteiger partial charge in [0.15, 0.2) is 0 Å². The van der Waals surface area contributed by atoms with E-state index in [0.717, 1.165) is 16.7 Å². The van der Waals surface area contributed by atoms with Crippen LogP contribution in [-0.4, -0.2) is 24.2 Å². The van der Waals surface area contributed by atoms with Crippen molar-refractivity contribution in [2.45, 2.75) is 19.5 Å². The summed E-state index contributed by atoms with van der Waals surface area (Å²) in [5.41, 5.74) is 2.54. The van der Waals surface area contributed by atoms with Crippen molar-refractivity contribution >= 4 is 23.2 Å². The van der Waals surface area contributed by atoms with Crippen LogP contribution in [0, 0.1) is 0 Å². The molecule has 24 heavy (non-hydrogen) atoms. The van der Waals surface area contributed by atoms with Crippen molar-refractivity contribution in [2.75, 3.05) is 14.2 Å². The van der Waals surface area contributed by atoms with Gasteiger partial charge in [0.2, 0.25) is 0 Å². The maximum Gasteiger partial charge on any atom is 0.123 e. The van der Waals surface area contributed by atoms with Gasteiger partial charge in [0.25, 0.3) is 0 Å². The smallest absolute Gasteiger partial charge is 0.123 e. The summed E-state index contributed by atoms with van der Waals surface area (Å²) in [5, 5.41) is 11.6. The van der Waals surface area contributed by atoms with Crippen LogP contribution in [0.5, 0.6) is 11.5 Å². The molecule has 2 aromatic rings. The van der Waals surface area contributed by atoms with E-state index in [0.29, 0.717) is 35.3 Å². The number of halogens is 2. The second kappa shape index (κ2) is 8.43. The zero-order valence-electron chi connectivity index (χ0n) is 13.9. The van der Waals surface area contributed by atoms with Crippen molar-refractivity contribution in [3.8, 4) is 11.5 Å². The number of rotatable bonds is 7. The third kappa shape index (κ3) is 4.44.